The van der Waals surface area contributed by atoms with Gasteiger partial charge in [0.05, 0.1) is 16.3 Å². The molecule has 0 aliphatic carbocycles. The van der Waals surface area contributed by atoms with Crippen LogP contribution in [-0.4, -0.2) is 61.8 Å². The maximum Gasteiger partial charge on any atom is 0.246 e. The number of hydrogen-bond donors (Lipinski definition) is 1. The first kappa shape index (κ1) is 19.9. The minimum atomic E-state index is -3.89. The van der Waals surface area contributed by atoms with Gasteiger partial charge in [0.15, 0.2) is 0 Å². The van der Waals surface area contributed by atoms with Crippen LogP contribution >= 0.6 is 0 Å². The highest BCUT2D eigenvalue weighted by Crippen LogP contribution is 2.24. The summed E-state index contributed by atoms with van der Waals surface area (Å²) < 4.78 is 67.3. The molecule has 1 N–H and O–H groups in total. The van der Waals surface area contributed by atoms with Crippen LogP contribution in [0.2, 0.25) is 0 Å². The summed E-state index contributed by atoms with van der Waals surface area (Å²) in [5.74, 6) is -0.638. The number of H-pyrrole nitrogens is 1. The van der Waals surface area contributed by atoms with Crippen molar-refractivity contribution in [2.45, 2.75) is 30.1 Å². The molecule has 0 amide bonds. The maximum absolute atomic E-state index is 13.4. The largest absolute Gasteiger partial charge is 0.281 e. The minimum Gasteiger partial charge on any atom is -0.281 e. The van der Waals surface area contributed by atoms with Crippen molar-refractivity contribution in [1.82, 2.24) is 18.8 Å². The molecule has 0 radical (unpaired) electrons. The van der Waals surface area contributed by atoms with Gasteiger partial charge in [-0.15, -0.1) is 0 Å². The van der Waals surface area contributed by atoms with Gasteiger partial charge in [0.25, 0.3) is 0 Å². The van der Waals surface area contributed by atoms with Gasteiger partial charge in [-0.1, -0.05) is 6.07 Å². The fourth-order valence-electron chi connectivity index (χ4n) is 3.18. The smallest absolute Gasteiger partial charge is 0.246 e. The molecular formula is C16H21FN4O4S2. The Balaban J connectivity index is 1.84. The third-order valence-corrected chi connectivity index (χ3v) is 8.56. The first-order valence-electron chi connectivity index (χ1n) is 8.41. The van der Waals surface area contributed by atoms with Crippen LogP contribution in [0.1, 0.15) is 17.8 Å². The highest BCUT2D eigenvalue weighted by molar-refractivity contribution is 7.89. The molecular weight excluding hydrogens is 395 g/mol. The van der Waals surface area contributed by atoms with Crippen molar-refractivity contribution >= 4 is 20.0 Å². The lowest BCUT2D eigenvalue weighted by Crippen LogP contribution is -2.37. The fourth-order valence-corrected chi connectivity index (χ4v) is 6.48. The number of nitrogens with zero attached hydrogens (tertiary/aromatic N) is 3. The van der Waals surface area contributed by atoms with Gasteiger partial charge in [0, 0.05) is 26.2 Å². The van der Waals surface area contributed by atoms with E-state index in [-0.39, 0.29) is 36.0 Å². The molecule has 27 heavy (non-hydrogen) atoms. The zero-order valence-electron chi connectivity index (χ0n) is 15.0. The van der Waals surface area contributed by atoms with Crippen LogP contribution in [0, 0.1) is 19.7 Å². The molecule has 1 aliphatic heterocycles. The van der Waals surface area contributed by atoms with E-state index in [1.165, 1.54) is 26.8 Å². The van der Waals surface area contributed by atoms with Gasteiger partial charge < -0.3 is 0 Å². The number of aromatic nitrogens is 2. The Kier molecular flexibility index (Phi) is 5.39. The van der Waals surface area contributed by atoms with Gasteiger partial charge in [0.1, 0.15) is 10.7 Å². The fraction of sp³-hybridized carbons (Fsp3) is 0.438. The number of nitrogens with one attached hydrogen (secondary N) is 1. The number of halogens is 1. The zero-order chi connectivity index (χ0) is 19.8. The van der Waals surface area contributed by atoms with Crippen LogP contribution in [0.3, 0.4) is 0 Å². The van der Waals surface area contributed by atoms with E-state index in [0.717, 1.165) is 6.07 Å². The van der Waals surface area contributed by atoms with Crippen LogP contribution in [0.15, 0.2) is 34.1 Å². The third kappa shape index (κ3) is 3.77. The van der Waals surface area contributed by atoms with Gasteiger partial charge in [0.2, 0.25) is 20.0 Å². The molecule has 11 heteroatoms. The molecule has 1 aromatic carbocycles. The highest BCUT2D eigenvalue weighted by Gasteiger charge is 2.34. The van der Waals surface area contributed by atoms with Crippen molar-refractivity contribution in [2.75, 3.05) is 26.2 Å². The number of sulfonamides is 2. The molecule has 0 unspecified atom stereocenters. The maximum atomic E-state index is 13.4. The summed E-state index contributed by atoms with van der Waals surface area (Å²) in [4.78, 5) is -0.00994. The zero-order valence-corrected chi connectivity index (χ0v) is 16.6. The quantitative estimate of drug-likeness (QED) is 0.808. The predicted molar refractivity (Wildman–Crippen MR) is 96.6 cm³/mol. The van der Waals surface area contributed by atoms with Crippen molar-refractivity contribution in [3.63, 3.8) is 0 Å². The number of hydrogen-bond acceptors (Lipinski definition) is 5. The Morgan fingerprint density at radius 2 is 1.63 bits per heavy atom. The molecule has 1 aliphatic rings. The van der Waals surface area contributed by atoms with Crippen molar-refractivity contribution in [1.29, 1.82) is 0 Å². The Bertz CT molecular complexity index is 1030. The van der Waals surface area contributed by atoms with Crippen LogP contribution in [0.4, 0.5) is 4.39 Å². The Labute approximate surface area is 158 Å². The van der Waals surface area contributed by atoms with Crippen LogP contribution in [0.5, 0.6) is 0 Å². The van der Waals surface area contributed by atoms with Gasteiger partial charge in [-0.3, -0.25) is 5.10 Å². The topological polar surface area (TPSA) is 103 Å². The van der Waals surface area contributed by atoms with E-state index in [9.17, 15) is 21.2 Å². The van der Waals surface area contributed by atoms with E-state index in [0.29, 0.717) is 17.8 Å². The Morgan fingerprint density at radius 1 is 1.00 bits per heavy atom. The molecule has 148 valence electrons. The van der Waals surface area contributed by atoms with E-state index >= 15 is 0 Å². The molecule has 8 nitrogen and oxygen atoms in total. The predicted octanol–water partition coefficient (Wildman–Crippen LogP) is 1.25. The summed E-state index contributed by atoms with van der Waals surface area (Å²) in [5, 5.41) is 6.59. The van der Waals surface area contributed by atoms with Crippen molar-refractivity contribution in [3.05, 3.63) is 41.5 Å². The molecule has 2 aromatic rings. The van der Waals surface area contributed by atoms with E-state index in [2.05, 4.69) is 10.2 Å². The summed E-state index contributed by atoms with van der Waals surface area (Å²) in [6.07, 6.45) is 0.337. The van der Waals surface area contributed by atoms with Gasteiger partial charge in [-0.25, -0.2) is 21.2 Å². The lowest BCUT2D eigenvalue weighted by atomic mass is 10.4. The van der Waals surface area contributed by atoms with Gasteiger partial charge in [-0.2, -0.15) is 13.7 Å². The lowest BCUT2D eigenvalue weighted by molar-refractivity contribution is 0.404. The van der Waals surface area contributed by atoms with E-state index in [1.54, 1.807) is 13.8 Å². The molecule has 2 heterocycles. The molecule has 0 bridgehead atoms. The number of aryl methyl sites for hydroxylation is 2. The molecule has 0 atom stereocenters. The van der Waals surface area contributed by atoms with Crippen molar-refractivity contribution < 1.29 is 21.2 Å². The first-order chi connectivity index (χ1) is 12.6. The van der Waals surface area contributed by atoms with E-state index in [4.69, 9.17) is 0 Å². The van der Waals surface area contributed by atoms with Crippen LogP contribution in [-0.2, 0) is 20.0 Å². The SMILES string of the molecule is Cc1n[nH]c(C)c1S(=O)(=O)N1CCCN(S(=O)(=O)c2cccc(F)c2)CC1. The average Bonchev–Trinajstić information content (AvgIpc) is 2.81. The molecule has 3 rings (SSSR count). The van der Waals surface area contributed by atoms with Gasteiger partial charge in [-0.05, 0) is 38.5 Å². The second-order valence-electron chi connectivity index (χ2n) is 6.38. The van der Waals surface area contributed by atoms with Gasteiger partial charge >= 0.3 is 0 Å². The Morgan fingerprint density at radius 3 is 2.19 bits per heavy atom. The average molecular weight is 417 g/mol. The normalized spacial score (nSPS) is 17.7. The van der Waals surface area contributed by atoms with Crippen molar-refractivity contribution in [3.8, 4) is 0 Å². The number of aromatic amines is 1. The first-order valence-corrected chi connectivity index (χ1v) is 11.3. The molecule has 0 spiro atoms. The summed E-state index contributed by atoms with van der Waals surface area (Å²) in [5.41, 5.74) is 0.821. The molecule has 1 saturated heterocycles. The standard InChI is InChI=1S/C16H21FN4O4S2/c1-12-16(13(2)19-18-12)27(24,25)21-8-4-7-20(9-10-21)26(22,23)15-6-3-5-14(17)11-15/h3,5-6,11H,4,7-10H2,1-2H3,(H,18,19). The Hall–Kier alpha value is -1.82. The summed E-state index contributed by atoms with van der Waals surface area (Å²) in [6, 6.07) is 4.80. The number of rotatable bonds is 4. The summed E-state index contributed by atoms with van der Waals surface area (Å²) in [7, 11) is -7.68. The second-order valence-corrected chi connectivity index (χ2v) is 10.2. The third-order valence-electron chi connectivity index (χ3n) is 4.51. The molecule has 1 aromatic heterocycles. The summed E-state index contributed by atoms with van der Waals surface area (Å²) in [6.45, 7) is 3.60. The van der Waals surface area contributed by atoms with E-state index in [1.807, 2.05) is 0 Å². The monoisotopic (exact) mass is 416 g/mol. The molecule has 0 saturated carbocycles. The highest BCUT2D eigenvalue weighted by atomic mass is 32.2. The minimum absolute atomic E-state index is 0.00593. The second kappa shape index (κ2) is 7.30. The van der Waals surface area contributed by atoms with E-state index < -0.39 is 25.9 Å². The lowest BCUT2D eigenvalue weighted by Gasteiger charge is -2.22. The van der Waals surface area contributed by atoms with Crippen LogP contribution < -0.4 is 0 Å². The molecule has 1 fully saturated rings. The summed E-state index contributed by atoms with van der Waals surface area (Å²) >= 11 is 0. The number of benzene rings is 1. The van der Waals surface area contributed by atoms with Crippen LogP contribution in [0.25, 0.3) is 0 Å². The van der Waals surface area contributed by atoms with Crippen molar-refractivity contribution in [2.24, 2.45) is 0 Å².